The fraction of sp³-hybridized carbons (Fsp3) is 0.450. The third-order valence-electron chi connectivity index (χ3n) is 4.81. The van der Waals surface area contributed by atoms with Gasteiger partial charge in [-0.3, -0.25) is 4.79 Å². The Kier molecular flexibility index (Phi) is 6.08. The van der Waals surface area contributed by atoms with E-state index in [9.17, 15) is 14.3 Å². The monoisotopic (exact) mass is 388 g/mol. The average molecular weight is 388 g/mol. The molecule has 0 radical (unpaired) electrons. The van der Waals surface area contributed by atoms with Crippen molar-refractivity contribution in [2.24, 2.45) is 0 Å². The number of hydrogen-bond acceptors (Lipinski definition) is 6. The van der Waals surface area contributed by atoms with E-state index in [1.807, 2.05) is 14.1 Å². The molecule has 1 aromatic heterocycles. The predicted molar refractivity (Wildman–Crippen MR) is 103 cm³/mol. The SMILES string of the molecule is CN(C)c1ncc(C(=O)N2CCCC(O)(COc3ccc(F)cc3)CC2)cn1. The van der Waals surface area contributed by atoms with Crippen LogP contribution < -0.4 is 9.64 Å². The third-order valence-corrected chi connectivity index (χ3v) is 4.81. The highest BCUT2D eigenvalue weighted by molar-refractivity contribution is 5.93. The summed E-state index contributed by atoms with van der Waals surface area (Å²) in [5, 5.41) is 10.9. The van der Waals surface area contributed by atoms with Crippen molar-refractivity contribution in [2.45, 2.75) is 24.9 Å². The normalized spacial score (nSPS) is 19.8. The molecule has 0 saturated carbocycles. The lowest BCUT2D eigenvalue weighted by atomic mass is 9.96. The highest BCUT2D eigenvalue weighted by Gasteiger charge is 2.32. The van der Waals surface area contributed by atoms with Gasteiger partial charge in [0.05, 0.1) is 5.56 Å². The number of carbonyl (C=O) groups is 1. The molecule has 0 bridgehead atoms. The summed E-state index contributed by atoms with van der Waals surface area (Å²) in [4.78, 5) is 24.6. The number of nitrogens with zero attached hydrogens (tertiary/aromatic N) is 4. The molecule has 0 spiro atoms. The summed E-state index contributed by atoms with van der Waals surface area (Å²) in [5.41, 5.74) is -0.604. The van der Waals surface area contributed by atoms with E-state index in [0.29, 0.717) is 49.6 Å². The molecule has 1 unspecified atom stereocenters. The van der Waals surface area contributed by atoms with Gasteiger partial charge in [0, 0.05) is 39.6 Å². The second-order valence-electron chi connectivity index (χ2n) is 7.28. The van der Waals surface area contributed by atoms with Crippen LogP contribution in [0.4, 0.5) is 10.3 Å². The fourth-order valence-electron chi connectivity index (χ4n) is 3.12. The van der Waals surface area contributed by atoms with Crippen molar-refractivity contribution < 1.29 is 19.0 Å². The lowest BCUT2D eigenvalue weighted by molar-refractivity contribution is -0.0163. The molecule has 8 heteroatoms. The molecule has 1 aliphatic rings. The number of aromatic nitrogens is 2. The van der Waals surface area contributed by atoms with Crippen molar-refractivity contribution in [1.29, 1.82) is 0 Å². The first kappa shape index (κ1) is 20.0. The van der Waals surface area contributed by atoms with Gasteiger partial charge in [-0.2, -0.15) is 0 Å². The van der Waals surface area contributed by atoms with E-state index in [4.69, 9.17) is 4.74 Å². The largest absolute Gasteiger partial charge is 0.491 e. The summed E-state index contributed by atoms with van der Waals surface area (Å²) in [6.07, 6.45) is 4.63. The topological polar surface area (TPSA) is 78.8 Å². The Labute approximate surface area is 163 Å². The highest BCUT2D eigenvalue weighted by atomic mass is 19.1. The zero-order valence-corrected chi connectivity index (χ0v) is 16.1. The van der Waals surface area contributed by atoms with Crippen LogP contribution in [0.5, 0.6) is 5.75 Å². The zero-order valence-electron chi connectivity index (χ0n) is 16.1. The summed E-state index contributed by atoms with van der Waals surface area (Å²) < 4.78 is 18.6. The van der Waals surface area contributed by atoms with Crippen LogP contribution in [0.15, 0.2) is 36.7 Å². The smallest absolute Gasteiger partial charge is 0.256 e. The highest BCUT2D eigenvalue weighted by Crippen LogP contribution is 2.25. The minimum absolute atomic E-state index is 0.0985. The Morgan fingerprint density at radius 1 is 1.21 bits per heavy atom. The number of amides is 1. The first-order valence-corrected chi connectivity index (χ1v) is 9.26. The molecule has 1 amide bonds. The van der Waals surface area contributed by atoms with E-state index < -0.39 is 5.60 Å². The molecular weight excluding hydrogens is 363 g/mol. The van der Waals surface area contributed by atoms with Crippen molar-refractivity contribution >= 4 is 11.9 Å². The molecule has 2 heterocycles. The molecule has 7 nitrogen and oxygen atoms in total. The molecule has 0 aliphatic carbocycles. The van der Waals surface area contributed by atoms with Crippen LogP contribution in [0.1, 0.15) is 29.6 Å². The van der Waals surface area contributed by atoms with Crippen LogP contribution in [0, 0.1) is 5.82 Å². The third kappa shape index (κ3) is 4.95. The maximum Gasteiger partial charge on any atom is 0.256 e. The van der Waals surface area contributed by atoms with Gasteiger partial charge in [-0.15, -0.1) is 0 Å². The van der Waals surface area contributed by atoms with E-state index in [1.165, 1.54) is 36.7 Å². The minimum Gasteiger partial charge on any atom is -0.491 e. The Balaban J connectivity index is 1.58. The van der Waals surface area contributed by atoms with Crippen LogP contribution in [-0.4, -0.2) is 65.3 Å². The molecular formula is C20H25FN4O3. The van der Waals surface area contributed by atoms with Gasteiger partial charge in [-0.1, -0.05) is 0 Å². The van der Waals surface area contributed by atoms with E-state index in [2.05, 4.69) is 9.97 Å². The lowest BCUT2D eigenvalue weighted by Gasteiger charge is -2.27. The quantitative estimate of drug-likeness (QED) is 0.845. The van der Waals surface area contributed by atoms with Gasteiger partial charge in [0.1, 0.15) is 23.8 Å². The van der Waals surface area contributed by atoms with Crippen LogP contribution in [0.3, 0.4) is 0 Å². The van der Waals surface area contributed by atoms with E-state index in [0.717, 1.165) is 0 Å². The second kappa shape index (κ2) is 8.52. The van der Waals surface area contributed by atoms with E-state index in [1.54, 1.807) is 9.80 Å². The van der Waals surface area contributed by atoms with Gasteiger partial charge < -0.3 is 19.6 Å². The number of hydrogen-bond donors (Lipinski definition) is 1. The number of aliphatic hydroxyl groups is 1. The summed E-state index contributed by atoms with van der Waals surface area (Å²) in [6.45, 7) is 1.06. The molecule has 1 aromatic carbocycles. The Hall–Kier alpha value is -2.74. The van der Waals surface area contributed by atoms with Gasteiger partial charge in [0.25, 0.3) is 5.91 Å². The molecule has 1 atom stereocenters. The van der Waals surface area contributed by atoms with Crippen molar-refractivity contribution in [3.05, 3.63) is 48.0 Å². The number of ether oxygens (including phenoxy) is 1. The maximum atomic E-state index is 13.0. The Bertz CT molecular complexity index is 798. The second-order valence-corrected chi connectivity index (χ2v) is 7.28. The minimum atomic E-state index is -1.03. The van der Waals surface area contributed by atoms with E-state index in [-0.39, 0.29) is 18.3 Å². The van der Waals surface area contributed by atoms with Crippen molar-refractivity contribution in [3.63, 3.8) is 0 Å². The Morgan fingerprint density at radius 2 is 1.89 bits per heavy atom. The van der Waals surface area contributed by atoms with Crippen LogP contribution >= 0.6 is 0 Å². The Morgan fingerprint density at radius 3 is 2.54 bits per heavy atom. The molecule has 1 aliphatic heterocycles. The molecule has 2 aromatic rings. The summed E-state index contributed by atoms with van der Waals surface area (Å²) in [5.74, 6) is 0.566. The first-order valence-electron chi connectivity index (χ1n) is 9.26. The summed E-state index contributed by atoms with van der Waals surface area (Å²) in [7, 11) is 3.67. The maximum absolute atomic E-state index is 13.0. The lowest BCUT2D eigenvalue weighted by Crippen LogP contribution is -2.38. The number of halogens is 1. The molecule has 150 valence electrons. The van der Waals surface area contributed by atoms with Crippen LogP contribution in [0.25, 0.3) is 0 Å². The molecule has 1 fully saturated rings. The average Bonchev–Trinajstić information content (AvgIpc) is 2.89. The van der Waals surface area contributed by atoms with Crippen molar-refractivity contribution in [2.75, 3.05) is 38.7 Å². The molecule has 3 rings (SSSR count). The number of rotatable bonds is 5. The van der Waals surface area contributed by atoms with E-state index >= 15 is 0 Å². The summed E-state index contributed by atoms with van der Waals surface area (Å²) in [6, 6.07) is 5.69. The van der Waals surface area contributed by atoms with Crippen molar-refractivity contribution in [3.8, 4) is 5.75 Å². The van der Waals surface area contributed by atoms with Crippen LogP contribution in [0.2, 0.25) is 0 Å². The molecule has 1 N–H and O–H groups in total. The van der Waals surface area contributed by atoms with Gasteiger partial charge >= 0.3 is 0 Å². The standard InChI is InChI=1S/C20H25FN4O3/c1-24(2)19-22-12-15(13-23-19)18(26)25-10-3-8-20(27,9-11-25)14-28-17-6-4-16(21)5-7-17/h4-7,12-13,27H,3,8-11,14H2,1-2H3. The number of carbonyl (C=O) groups excluding carboxylic acids is 1. The summed E-state index contributed by atoms with van der Waals surface area (Å²) >= 11 is 0. The molecule has 1 saturated heterocycles. The zero-order chi connectivity index (χ0) is 20.1. The number of benzene rings is 1. The molecule has 28 heavy (non-hydrogen) atoms. The van der Waals surface area contributed by atoms with Crippen molar-refractivity contribution in [1.82, 2.24) is 14.9 Å². The van der Waals surface area contributed by atoms with Gasteiger partial charge in [-0.05, 0) is 43.5 Å². The van der Waals surface area contributed by atoms with Gasteiger partial charge in [-0.25, -0.2) is 14.4 Å². The fourth-order valence-corrected chi connectivity index (χ4v) is 3.12. The number of likely N-dealkylation sites (tertiary alicyclic amines) is 1. The predicted octanol–water partition coefficient (Wildman–Crippen LogP) is 2.12. The first-order chi connectivity index (χ1) is 13.4. The van der Waals surface area contributed by atoms with Crippen LogP contribution in [-0.2, 0) is 0 Å². The van der Waals surface area contributed by atoms with Gasteiger partial charge in [0.2, 0.25) is 5.95 Å². The number of anilines is 1. The van der Waals surface area contributed by atoms with Gasteiger partial charge in [0.15, 0.2) is 0 Å².